The number of hydrogen-bond acceptors (Lipinski definition) is 2. The Morgan fingerprint density at radius 3 is 2.20 bits per heavy atom. The highest BCUT2D eigenvalue weighted by molar-refractivity contribution is 5.90. The van der Waals surface area contributed by atoms with E-state index < -0.39 is 0 Å². The summed E-state index contributed by atoms with van der Waals surface area (Å²) in [5.74, 6) is -0.231. The van der Waals surface area contributed by atoms with Crippen molar-refractivity contribution in [2.45, 2.75) is 33.2 Å². The van der Waals surface area contributed by atoms with Gasteiger partial charge in [-0.05, 0) is 73.2 Å². The summed E-state index contributed by atoms with van der Waals surface area (Å²) in [5.41, 5.74) is 6.48. The highest BCUT2D eigenvalue weighted by Gasteiger charge is 2.20. The van der Waals surface area contributed by atoms with E-state index in [1.54, 1.807) is 17.0 Å². The number of likely N-dealkylation sites (tertiary alicyclic amines) is 1. The van der Waals surface area contributed by atoms with Crippen LogP contribution in [0.4, 0.5) is 14.9 Å². The number of carbonyl (C=O) groups is 1. The molecule has 35 heavy (non-hydrogen) atoms. The van der Waals surface area contributed by atoms with E-state index in [0.717, 1.165) is 54.9 Å². The highest BCUT2D eigenvalue weighted by atomic mass is 19.1. The molecule has 5 heteroatoms. The Balaban J connectivity index is 1.56. The van der Waals surface area contributed by atoms with Crippen molar-refractivity contribution in [3.8, 4) is 0 Å². The van der Waals surface area contributed by atoms with Crippen LogP contribution < -0.4 is 5.32 Å². The summed E-state index contributed by atoms with van der Waals surface area (Å²) in [5, 5.41) is 2.97. The average Bonchev–Trinajstić information content (AvgIpc) is 2.88. The number of anilines is 1. The van der Waals surface area contributed by atoms with Crippen molar-refractivity contribution < 1.29 is 9.18 Å². The summed E-state index contributed by atoms with van der Waals surface area (Å²) in [6.07, 6.45) is 1.89. The zero-order valence-electron chi connectivity index (χ0n) is 20.6. The van der Waals surface area contributed by atoms with Gasteiger partial charge in [-0.25, -0.2) is 9.18 Å². The number of amides is 2. The molecule has 0 bridgehead atoms. The van der Waals surface area contributed by atoms with Crippen LogP contribution in [0.25, 0.3) is 5.57 Å². The molecular weight excluding hydrogens is 437 g/mol. The fraction of sp³-hybridized carbons (Fsp3) is 0.300. The van der Waals surface area contributed by atoms with Gasteiger partial charge in [0, 0.05) is 38.4 Å². The maximum atomic E-state index is 14.2. The van der Waals surface area contributed by atoms with E-state index in [0.29, 0.717) is 13.1 Å². The van der Waals surface area contributed by atoms with Gasteiger partial charge in [-0.15, -0.1) is 0 Å². The molecule has 0 saturated carbocycles. The fourth-order valence-electron chi connectivity index (χ4n) is 4.73. The van der Waals surface area contributed by atoms with Gasteiger partial charge in [0.05, 0.1) is 0 Å². The maximum Gasteiger partial charge on any atom is 0.321 e. The predicted octanol–water partition coefficient (Wildman–Crippen LogP) is 6.80. The third-order valence-corrected chi connectivity index (χ3v) is 6.65. The topological polar surface area (TPSA) is 35.6 Å². The molecule has 1 saturated heterocycles. The molecule has 1 fully saturated rings. The van der Waals surface area contributed by atoms with Crippen LogP contribution in [-0.2, 0) is 6.54 Å². The second-order valence-corrected chi connectivity index (χ2v) is 8.93. The smallest absolute Gasteiger partial charge is 0.321 e. The second kappa shape index (κ2) is 11.8. The Bertz CT molecular complexity index is 1140. The molecule has 182 valence electrons. The van der Waals surface area contributed by atoms with Gasteiger partial charge < -0.3 is 10.2 Å². The largest absolute Gasteiger partial charge is 0.325 e. The Labute approximate surface area is 208 Å². The van der Waals surface area contributed by atoms with E-state index in [9.17, 15) is 9.18 Å². The molecule has 0 unspecified atom stereocenters. The minimum atomic E-state index is -0.231. The number of benzene rings is 3. The van der Waals surface area contributed by atoms with Gasteiger partial charge in [0.25, 0.3) is 0 Å². The molecule has 2 amide bonds. The molecule has 0 aliphatic carbocycles. The third-order valence-electron chi connectivity index (χ3n) is 6.65. The van der Waals surface area contributed by atoms with E-state index >= 15 is 0 Å². The molecule has 1 aliphatic heterocycles. The Hall–Kier alpha value is -3.44. The van der Waals surface area contributed by atoms with E-state index in [2.05, 4.69) is 34.5 Å². The van der Waals surface area contributed by atoms with Gasteiger partial charge in [-0.2, -0.15) is 0 Å². The third kappa shape index (κ3) is 6.37. The van der Waals surface area contributed by atoms with Gasteiger partial charge in [0.1, 0.15) is 5.82 Å². The molecule has 3 aromatic carbocycles. The zero-order valence-corrected chi connectivity index (χ0v) is 20.6. The number of nitrogens with one attached hydrogen (secondary N) is 1. The van der Waals surface area contributed by atoms with E-state index in [4.69, 9.17) is 0 Å². The van der Waals surface area contributed by atoms with Crippen LogP contribution in [0.15, 0.2) is 84.4 Å². The van der Waals surface area contributed by atoms with Gasteiger partial charge in [0.15, 0.2) is 0 Å². The van der Waals surface area contributed by atoms with E-state index in [-0.39, 0.29) is 11.8 Å². The fourth-order valence-corrected chi connectivity index (χ4v) is 4.73. The summed E-state index contributed by atoms with van der Waals surface area (Å²) >= 11 is 0. The van der Waals surface area contributed by atoms with Crippen LogP contribution in [-0.4, -0.2) is 42.0 Å². The lowest BCUT2D eigenvalue weighted by Gasteiger charge is -2.30. The summed E-state index contributed by atoms with van der Waals surface area (Å²) in [6, 6.07) is 25.2. The molecule has 0 aromatic heterocycles. The van der Waals surface area contributed by atoms with Crippen LogP contribution in [0.1, 0.15) is 43.4 Å². The molecule has 4 nitrogen and oxygen atoms in total. The van der Waals surface area contributed by atoms with E-state index in [1.807, 2.05) is 50.2 Å². The summed E-state index contributed by atoms with van der Waals surface area (Å²) in [6.45, 7) is 8.16. The van der Waals surface area contributed by atoms with Gasteiger partial charge in [-0.1, -0.05) is 60.2 Å². The van der Waals surface area contributed by atoms with Crippen molar-refractivity contribution in [1.29, 1.82) is 0 Å². The molecular formula is C30H34FN3O. The Kier molecular flexibility index (Phi) is 8.32. The molecule has 0 atom stereocenters. The number of hydrogen-bond donors (Lipinski definition) is 1. The first kappa shape index (κ1) is 24.7. The number of urea groups is 1. The normalized spacial score (nSPS) is 14.0. The first-order valence-electron chi connectivity index (χ1n) is 12.5. The van der Waals surface area contributed by atoms with Crippen LogP contribution >= 0.6 is 0 Å². The summed E-state index contributed by atoms with van der Waals surface area (Å²) in [4.78, 5) is 16.6. The monoisotopic (exact) mass is 471 g/mol. The first-order valence-corrected chi connectivity index (χ1v) is 12.5. The SMILES string of the molecule is CCN(CC)C(=O)Nc1ccc(C(=C2CCN(Cc3ccccc3)CC2)c2cccc(F)c2)cc1. The maximum absolute atomic E-state index is 14.2. The van der Waals surface area contributed by atoms with Crippen LogP contribution in [0.5, 0.6) is 0 Å². The Morgan fingerprint density at radius 2 is 1.57 bits per heavy atom. The number of nitrogens with zero attached hydrogens (tertiary/aromatic N) is 2. The van der Waals surface area contributed by atoms with Crippen LogP contribution in [0.3, 0.4) is 0 Å². The van der Waals surface area contributed by atoms with Crippen molar-refractivity contribution in [1.82, 2.24) is 9.80 Å². The predicted molar refractivity (Wildman–Crippen MR) is 142 cm³/mol. The van der Waals surface area contributed by atoms with E-state index in [1.165, 1.54) is 17.2 Å². The van der Waals surface area contributed by atoms with Crippen molar-refractivity contribution in [2.24, 2.45) is 0 Å². The molecule has 1 N–H and O–H groups in total. The molecule has 1 heterocycles. The minimum Gasteiger partial charge on any atom is -0.325 e. The second-order valence-electron chi connectivity index (χ2n) is 8.93. The summed E-state index contributed by atoms with van der Waals surface area (Å²) in [7, 11) is 0. The number of carbonyl (C=O) groups excluding carboxylic acids is 1. The number of rotatable bonds is 7. The van der Waals surface area contributed by atoms with Gasteiger partial charge in [0.2, 0.25) is 0 Å². The van der Waals surface area contributed by atoms with Crippen molar-refractivity contribution >= 4 is 17.3 Å². The molecule has 0 radical (unpaired) electrons. The lowest BCUT2D eigenvalue weighted by Crippen LogP contribution is -2.34. The summed E-state index contributed by atoms with van der Waals surface area (Å²) < 4.78 is 14.2. The first-order chi connectivity index (χ1) is 17.1. The van der Waals surface area contributed by atoms with Gasteiger partial charge in [-0.3, -0.25) is 4.90 Å². The van der Waals surface area contributed by atoms with Crippen LogP contribution in [0.2, 0.25) is 0 Å². The number of piperidine rings is 1. The standard InChI is InChI=1S/C30H34FN3O/c1-3-34(4-2)30(35)32-28-15-13-24(14-16-28)29(26-11-8-12-27(31)21-26)25-17-19-33(20-18-25)22-23-9-6-5-7-10-23/h5-16,21H,3-4,17-20,22H2,1-2H3,(H,32,35). The van der Waals surface area contributed by atoms with Crippen LogP contribution in [0, 0.1) is 5.82 Å². The molecule has 0 spiro atoms. The lowest BCUT2D eigenvalue weighted by molar-refractivity contribution is 0.217. The molecule has 1 aliphatic rings. The van der Waals surface area contributed by atoms with Gasteiger partial charge >= 0.3 is 6.03 Å². The average molecular weight is 472 g/mol. The minimum absolute atomic E-state index is 0.0998. The molecule has 4 rings (SSSR count). The quantitative estimate of drug-likeness (QED) is 0.411. The van der Waals surface area contributed by atoms with Crippen molar-refractivity contribution in [2.75, 3.05) is 31.5 Å². The lowest BCUT2D eigenvalue weighted by atomic mass is 9.88. The number of halogens is 1. The van der Waals surface area contributed by atoms with Crippen molar-refractivity contribution in [3.63, 3.8) is 0 Å². The zero-order chi connectivity index (χ0) is 24.6. The van der Waals surface area contributed by atoms with Crippen molar-refractivity contribution in [3.05, 3.63) is 107 Å². The molecule has 3 aromatic rings. The Morgan fingerprint density at radius 1 is 0.886 bits per heavy atom. The highest BCUT2D eigenvalue weighted by Crippen LogP contribution is 2.33.